The number of hydrogen-bond donors (Lipinski definition) is 1. The third-order valence-corrected chi connectivity index (χ3v) is 5.22. The van der Waals surface area contributed by atoms with Crippen LogP contribution in [-0.2, 0) is 19.1 Å². The van der Waals surface area contributed by atoms with Crippen LogP contribution in [0.1, 0.15) is 30.9 Å². The first-order chi connectivity index (χ1) is 14.9. The Morgan fingerprint density at radius 2 is 1.84 bits per heavy atom. The zero-order valence-electron chi connectivity index (χ0n) is 18.1. The van der Waals surface area contributed by atoms with Gasteiger partial charge in [0, 0.05) is 24.3 Å². The number of benzene rings is 2. The van der Waals surface area contributed by atoms with Crippen molar-refractivity contribution in [2.45, 2.75) is 33.6 Å². The van der Waals surface area contributed by atoms with E-state index in [1.807, 2.05) is 32.9 Å². The molecule has 0 aromatic heterocycles. The highest BCUT2D eigenvalue weighted by Crippen LogP contribution is 2.27. The fourth-order valence-corrected chi connectivity index (χ4v) is 3.33. The van der Waals surface area contributed by atoms with Gasteiger partial charge in [0.15, 0.2) is 6.61 Å². The molecule has 1 fully saturated rings. The van der Waals surface area contributed by atoms with Crippen LogP contribution in [-0.4, -0.2) is 37.5 Å². The van der Waals surface area contributed by atoms with Crippen molar-refractivity contribution in [1.29, 1.82) is 0 Å². The fraction of sp³-hybridized carbons (Fsp3) is 0.375. The summed E-state index contributed by atoms with van der Waals surface area (Å²) in [5, 5.41) is 2.71. The number of aryl methyl sites for hydroxylation is 2. The molecule has 1 aliphatic rings. The largest absolute Gasteiger partial charge is 0.494 e. The van der Waals surface area contributed by atoms with Crippen LogP contribution in [0.25, 0.3) is 0 Å². The molecular formula is C24H28N2O5. The van der Waals surface area contributed by atoms with Crippen LogP contribution >= 0.6 is 0 Å². The second-order valence-corrected chi connectivity index (χ2v) is 7.70. The van der Waals surface area contributed by atoms with Crippen molar-refractivity contribution in [1.82, 2.24) is 0 Å². The molecule has 0 unspecified atom stereocenters. The van der Waals surface area contributed by atoms with Crippen molar-refractivity contribution in [2.24, 2.45) is 5.92 Å². The van der Waals surface area contributed by atoms with Crippen LogP contribution in [0.15, 0.2) is 42.5 Å². The lowest BCUT2D eigenvalue weighted by atomic mass is 10.1. The summed E-state index contributed by atoms with van der Waals surface area (Å²) in [7, 11) is 0. The van der Waals surface area contributed by atoms with Crippen LogP contribution in [0.5, 0.6) is 5.75 Å². The van der Waals surface area contributed by atoms with Gasteiger partial charge in [-0.3, -0.25) is 14.4 Å². The second-order valence-electron chi connectivity index (χ2n) is 7.70. The molecule has 2 aromatic carbocycles. The summed E-state index contributed by atoms with van der Waals surface area (Å²) in [4.78, 5) is 38.5. The summed E-state index contributed by atoms with van der Waals surface area (Å²) < 4.78 is 10.7. The normalized spacial score (nSPS) is 15.6. The molecule has 1 atom stereocenters. The molecule has 0 spiro atoms. The first kappa shape index (κ1) is 22.3. The molecule has 1 saturated heterocycles. The molecule has 0 saturated carbocycles. The molecule has 1 N–H and O–H groups in total. The van der Waals surface area contributed by atoms with Crippen molar-refractivity contribution in [2.75, 3.05) is 30.0 Å². The third kappa shape index (κ3) is 5.84. The molecule has 2 amide bonds. The second kappa shape index (κ2) is 10.1. The number of anilines is 2. The van der Waals surface area contributed by atoms with Crippen molar-refractivity contribution in [3.63, 3.8) is 0 Å². The average molecular weight is 424 g/mol. The Bertz CT molecular complexity index is 955. The van der Waals surface area contributed by atoms with E-state index in [1.54, 1.807) is 35.2 Å². The Labute approximate surface area is 182 Å². The van der Waals surface area contributed by atoms with E-state index in [4.69, 9.17) is 9.47 Å². The standard InChI is InChI=1S/C24H28N2O5/c1-4-11-30-21-9-7-20(8-10-21)26-14-18(13-23(26)28)24(29)31-15-22(27)25-19-6-5-16(2)17(3)12-19/h5-10,12,18H,4,11,13-15H2,1-3H3,(H,25,27)/t18-/m0/s1. The summed E-state index contributed by atoms with van der Waals surface area (Å²) in [6, 6.07) is 12.8. The molecule has 3 rings (SSSR count). The zero-order chi connectivity index (χ0) is 22.4. The monoisotopic (exact) mass is 424 g/mol. The topological polar surface area (TPSA) is 84.9 Å². The summed E-state index contributed by atoms with van der Waals surface area (Å²) in [6.07, 6.45) is 0.977. The van der Waals surface area contributed by atoms with Crippen molar-refractivity contribution < 1.29 is 23.9 Å². The molecule has 31 heavy (non-hydrogen) atoms. The van der Waals surface area contributed by atoms with Gasteiger partial charge < -0.3 is 19.7 Å². The average Bonchev–Trinajstić information content (AvgIpc) is 3.15. The van der Waals surface area contributed by atoms with Gasteiger partial charge in [0.1, 0.15) is 5.75 Å². The molecular weight excluding hydrogens is 396 g/mol. The van der Waals surface area contributed by atoms with Crippen LogP contribution < -0.4 is 15.0 Å². The van der Waals surface area contributed by atoms with Gasteiger partial charge >= 0.3 is 5.97 Å². The number of hydrogen-bond acceptors (Lipinski definition) is 5. The smallest absolute Gasteiger partial charge is 0.311 e. The number of esters is 1. The predicted octanol–water partition coefficient (Wildman–Crippen LogP) is 3.63. The number of amides is 2. The number of carbonyl (C=O) groups excluding carboxylic acids is 3. The molecule has 1 aliphatic heterocycles. The molecule has 164 valence electrons. The van der Waals surface area contributed by atoms with Gasteiger partial charge in [0.25, 0.3) is 5.91 Å². The minimum Gasteiger partial charge on any atom is -0.494 e. The Kier molecular flexibility index (Phi) is 7.28. The number of nitrogens with one attached hydrogen (secondary N) is 1. The summed E-state index contributed by atoms with van der Waals surface area (Å²) >= 11 is 0. The van der Waals surface area contributed by atoms with Crippen LogP contribution in [0.3, 0.4) is 0 Å². The highest BCUT2D eigenvalue weighted by Gasteiger charge is 2.36. The number of rotatable bonds is 8. The maximum absolute atomic E-state index is 12.4. The van der Waals surface area contributed by atoms with Crippen LogP contribution in [0.4, 0.5) is 11.4 Å². The van der Waals surface area contributed by atoms with E-state index in [1.165, 1.54) is 0 Å². The van der Waals surface area contributed by atoms with Gasteiger partial charge in [-0.15, -0.1) is 0 Å². The number of nitrogens with zero attached hydrogens (tertiary/aromatic N) is 1. The third-order valence-electron chi connectivity index (χ3n) is 5.22. The lowest BCUT2D eigenvalue weighted by Crippen LogP contribution is -2.28. The van der Waals surface area contributed by atoms with E-state index < -0.39 is 17.8 Å². The SMILES string of the molecule is CCCOc1ccc(N2C[C@@H](C(=O)OCC(=O)Nc3ccc(C)c(C)c3)CC2=O)cc1. The fourth-order valence-electron chi connectivity index (χ4n) is 3.33. The Morgan fingerprint density at radius 1 is 1.10 bits per heavy atom. The summed E-state index contributed by atoms with van der Waals surface area (Å²) in [6.45, 7) is 6.45. The lowest BCUT2D eigenvalue weighted by molar-refractivity contribution is -0.151. The highest BCUT2D eigenvalue weighted by atomic mass is 16.5. The van der Waals surface area contributed by atoms with Gasteiger partial charge in [0.05, 0.1) is 12.5 Å². The predicted molar refractivity (Wildman–Crippen MR) is 118 cm³/mol. The van der Waals surface area contributed by atoms with E-state index in [2.05, 4.69) is 5.32 Å². The molecule has 7 heteroatoms. The van der Waals surface area contributed by atoms with Gasteiger partial charge in [-0.2, -0.15) is 0 Å². The number of ether oxygens (including phenoxy) is 2. The van der Waals surface area contributed by atoms with E-state index in [0.29, 0.717) is 18.0 Å². The zero-order valence-corrected chi connectivity index (χ0v) is 18.1. The Morgan fingerprint density at radius 3 is 2.52 bits per heavy atom. The van der Waals surface area contributed by atoms with Crippen molar-refractivity contribution in [3.05, 3.63) is 53.6 Å². The molecule has 0 aliphatic carbocycles. The minimum absolute atomic E-state index is 0.0612. The molecule has 2 aromatic rings. The molecule has 1 heterocycles. The van der Waals surface area contributed by atoms with Crippen LogP contribution in [0.2, 0.25) is 0 Å². The number of carbonyl (C=O) groups is 3. The first-order valence-corrected chi connectivity index (χ1v) is 10.4. The lowest BCUT2D eigenvalue weighted by Gasteiger charge is -2.17. The van der Waals surface area contributed by atoms with E-state index >= 15 is 0 Å². The summed E-state index contributed by atoms with van der Waals surface area (Å²) in [5.74, 6) is -0.973. The van der Waals surface area contributed by atoms with Gasteiger partial charge in [-0.05, 0) is 67.8 Å². The Balaban J connectivity index is 1.50. The first-order valence-electron chi connectivity index (χ1n) is 10.4. The van der Waals surface area contributed by atoms with Crippen LogP contribution in [0, 0.1) is 19.8 Å². The molecule has 0 bridgehead atoms. The maximum atomic E-state index is 12.4. The van der Waals surface area contributed by atoms with Gasteiger partial charge in [-0.25, -0.2) is 0 Å². The van der Waals surface area contributed by atoms with Crippen molar-refractivity contribution >= 4 is 29.2 Å². The summed E-state index contributed by atoms with van der Waals surface area (Å²) in [5.41, 5.74) is 3.54. The van der Waals surface area contributed by atoms with E-state index in [9.17, 15) is 14.4 Å². The van der Waals surface area contributed by atoms with E-state index in [-0.39, 0.29) is 25.5 Å². The highest BCUT2D eigenvalue weighted by molar-refractivity contribution is 6.00. The van der Waals surface area contributed by atoms with E-state index in [0.717, 1.165) is 23.3 Å². The molecule has 0 radical (unpaired) electrons. The van der Waals surface area contributed by atoms with Gasteiger partial charge in [-0.1, -0.05) is 13.0 Å². The molecule has 7 nitrogen and oxygen atoms in total. The minimum atomic E-state index is -0.599. The van der Waals surface area contributed by atoms with Gasteiger partial charge in [0.2, 0.25) is 5.91 Å². The van der Waals surface area contributed by atoms with Crippen molar-refractivity contribution in [3.8, 4) is 5.75 Å². The Hall–Kier alpha value is -3.35. The quantitative estimate of drug-likeness (QED) is 0.654. The maximum Gasteiger partial charge on any atom is 0.311 e.